The Kier molecular flexibility index (Phi) is 5.48. The van der Waals surface area contributed by atoms with Gasteiger partial charge in [-0.05, 0) is 35.1 Å². The molecule has 0 fully saturated rings. The van der Waals surface area contributed by atoms with E-state index in [-0.39, 0.29) is 22.1 Å². The maximum absolute atomic E-state index is 11.8. The Morgan fingerprint density at radius 2 is 1.73 bits per heavy atom. The summed E-state index contributed by atoms with van der Waals surface area (Å²) in [4.78, 5) is 13.9. The Hall–Kier alpha value is -2.92. The monoisotopic (exact) mass is 403 g/mol. The highest BCUT2D eigenvalue weighted by atomic mass is 16.6. The van der Waals surface area contributed by atoms with E-state index in [1.807, 2.05) is 18.2 Å². The number of fused-ring (bicyclic) bond motifs is 1. The zero-order chi connectivity index (χ0) is 21.3. The molecule has 5 nitrogen and oxygen atoms in total. The number of rotatable bonds is 4. The quantitative estimate of drug-likeness (QED) is 0.415. The highest BCUT2D eigenvalue weighted by Crippen LogP contribution is 2.37. The summed E-state index contributed by atoms with van der Waals surface area (Å²) < 4.78 is 2.24. The summed E-state index contributed by atoms with van der Waals surface area (Å²) in [7, 11) is 0. The molecule has 1 atom stereocenters. The van der Waals surface area contributed by atoms with Gasteiger partial charge in [-0.15, -0.1) is 0 Å². The van der Waals surface area contributed by atoms with E-state index in [0.29, 0.717) is 0 Å². The first-order valence-corrected chi connectivity index (χ1v) is 10.6. The molecule has 1 unspecified atom stereocenters. The van der Waals surface area contributed by atoms with Crippen LogP contribution in [-0.4, -0.2) is 20.9 Å². The summed E-state index contributed by atoms with van der Waals surface area (Å²) in [5, 5.41) is 11.8. The highest BCUT2D eigenvalue weighted by molar-refractivity contribution is 5.46. The van der Waals surface area contributed by atoms with Crippen molar-refractivity contribution in [3.05, 3.63) is 99.4 Å². The number of aromatic nitrogens is 1. The predicted molar refractivity (Wildman–Crippen MR) is 120 cm³/mol. The second-order valence-corrected chi connectivity index (χ2v) is 9.12. The zero-order valence-electron chi connectivity index (χ0n) is 17.9. The number of aryl methyl sites for hydroxylation is 1. The maximum atomic E-state index is 11.8. The molecular formula is C25H29N3O2. The summed E-state index contributed by atoms with van der Waals surface area (Å²) in [6, 6.07) is 20.0. The van der Waals surface area contributed by atoms with Crippen molar-refractivity contribution in [3.63, 3.8) is 0 Å². The van der Waals surface area contributed by atoms with Crippen LogP contribution in [0.2, 0.25) is 0 Å². The Bertz CT molecular complexity index is 1030. The lowest BCUT2D eigenvalue weighted by molar-refractivity contribution is -0.385. The summed E-state index contributed by atoms with van der Waals surface area (Å²) >= 11 is 0. The standard InChI is InChI=1S/C25H29N3O2/c1-25(2,3)20-13-11-19(12-14-20)18-27-17-7-16-26-15-6-10-23(26)24(27)21-8-4-5-9-22(21)28(29)30/h4-6,8-15,24H,7,16-18H2,1-3H3. The van der Waals surface area contributed by atoms with E-state index in [4.69, 9.17) is 0 Å². The van der Waals surface area contributed by atoms with Crippen LogP contribution in [0.15, 0.2) is 66.9 Å². The molecule has 30 heavy (non-hydrogen) atoms. The van der Waals surface area contributed by atoms with Gasteiger partial charge in [-0.3, -0.25) is 15.0 Å². The number of nitro groups is 1. The van der Waals surface area contributed by atoms with Crippen LogP contribution in [0.4, 0.5) is 5.69 Å². The van der Waals surface area contributed by atoms with E-state index in [2.05, 4.69) is 66.8 Å². The summed E-state index contributed by atoms with van der Waals surface area (Å²) in [6.45, 7) is 9.23. The van der Waals surface area contributed by atoms with Crippen molar-refractivity contribution in [1.82, 2.24) is 9.47 Å². The first kappa shape index (κ1) is 20.4. The highest BCUT2D eigenvalue weighted by Gasteiger charge is 2.32. The molecule has 1 aromatic heterocycles. The van der Waals surface area contributed by atoms with E-state index in [9.17, 15) is 10.1 Å². The second kappa shape index (κ2) is 8.07. The molecule has 0 saturated carbocycles. The summed E-state index contributed by atoms with van der Waals surface area (Å²) in [6.07, 6.45) is 3.09. The minimum Gasteiger partial charge on any atom is -0.350 e. The Morgan fingerprint density at radius 3 is 2.43 bits per heavy atom. The van der Waals surface area contributed by atoms with E-state index in [1.54, 1.807) is 12.1 Å². The average Bonchev–Trinajstić information content (AvgIpc) is 3.09. The van der Waals surface area contributed by atoms with E-state index in [1.165, 1.54) is 11.1 Å². The van der Waals surface area contributed by atoms with Crippen molar-refractivity contribution in [3.8, 4) is 0 Å². The van der Waals surface area contributed by atoms with Crippen LogP contribution < -0.4 is 0 Å². The Balaban J connectivity index is 1.73. The van der Waals surface area contributed by atoms with Crippen molar-refractivity contribution in [2.75, 3.05) is 6.54 Å². The van der Waals surface area contributed by atoms with Gasteiger partial charge in [0.2, 0.25) is 0 Å². The van der Waals surface area contributed by atoms with Crippen LogP contribution in [0.25, 0.3) is 0 Å². The fraction of sp³-hybridized carbons (Fsp3) is 0.360. The van der Waals surface area contributed by atoms with Crippen LogP contribution in [0.1, 0.15) is 55.6 Å². The van der Waals surface area contributed by atoms with Crippen LogP contribution in [-0.2, 0) is 18.5 Å². The lowest BCUT2D eigenvalue weighted by atomic mass is 9.86. The van der Waals surface area contributed by atoms with Crippen molar-refractivity contribution in [2.45, 2.75) is 51.7 Å². The molecule has 3 aromatic rings. The zero-order valence-corrected chi connectivity index (χ0v) is 17.9. The molecule has 2 heterocycles. The molecule has 5 heteroatoms. The fourth-order valence-corrected chi connectivity index (χ4v) is 4.40. The first-order valence-electron chi connectivity index (χ1n) is 10.6. The van der Waals surface area contributed by atoms with Gasteiger partial charge < -0.3 is 4.57 Å². The van der Waals surface area contributed by atoms with Crippen molar-refractivity contribution < 1.29 is 4.92 Å². The minimum absolute atomic E-state index is 0.120. The van der Waals surface area contributed by atoms with Gasteiger partial charge in [0, 0.05) is 37.6 Å². The predicted octanol–water partition coefficient (Wildman–Crippen LogP) is 5.69. The normalized spacial score (nSPS) is 17.4. The van der Waals surface area contributed by atoms with Crippen LogP contribution in [0.3, 0.4) is 0 Å². The van der Waals surface area contributed by atoms with Gasteiger partial charge in [0.25, 0.3) is 5.69 Å². The van der Waals surface area contributed by atoms with Crippen LogP contribution >= 0.6 is 0 Å². The largest absolute Gasteiger partial charge is 0.350 e. The molecule has 0 saturated heterocycles. The number of benzene rings is 2. The molecular weight excluding hydrogens is 374 g/mol. The fourth-order valence-electron chi connectivity index (χ4n) is 4.40. The molecule has 156 valence electrons. The summed E-state index contributed by atoms with van der Waals surface area (Å²) in [5.41, 5.74) is 4.72. The van der Waals surface area contributed by atoms with Crippen molar-refractivity contribution >= 4 is 5.69 Å². The number of hydrogen-bond acceptors (Lipinski definition) is 3. The van der Waals surface area contributed by atoms with Gasteiger partial charge in [0.1, 0.15) is 0 Å². The number of hydrogen-bond donors (Lipinski definition) is 0. The van der Waals surface area contributed by atoms with E-state index < -0.39 is 0 Å². The van der Waals surface area contributed by atoms with Crippen LogP contribution in [0, 0.1) is 10.1 Å². The van der Waals surface area contributed by atoms with Gasteiger partial charge in [0.05, 0.1) is 16.5 Å². The van der Waals surface area contributed by atoms with Crippen molar-refractivity contribution in [1.29, 1.82) is 0 Å². The molecule has 0 amide bonds. The lowest BCUT2D eigenvalue weighted by Gasteiger charge is -2.30. The molecule has 0 radical (unpaired) electrons. The number of nitro benzene ring substituents is 1. The molecule has 0 bridgehead atoms. The van der Waals surface area contributed by atoms with Gasteiger partial charge in [-0.1, -0.05) is 63.2 Å². The summed E-state index contributed by atoms with van der Waals surface area (Å²) in [5.74, 6) is 0. The van der Waals surface area contributed by atoms with Gasteiger partial charge in [0.15, 0.2) is 0 Å². The van der Waals surface area contributed by atoms with Crippen LogP contribution in [0.5, 0.6) is 0 Å². The molecule has 0 spiro atoms. The molecule has 0 aliphatic carbocycles. The second-order valence-electron chi connectivity index (χ2n) is 9.12. The average molecular weight is 404 g/mol. The Morgan fingerprint density at radius 1 is 1.00 bits per heavy atom. The molecule has 1 aliphatic rings. The molecule has 4 rings (SSSR count). The van der Waals surface area contributed by atoms with Gasteiger partial charge in [-0.2, -0.15) is 0 Å². The molecule has 0 N–H and O–H groups in total. The first-order chi connectivity index (χ1) is 14.3. The molecule has 1 aliphatic heterocycles. The lowest BCUT2D eigenvalue weighted by Crippen LogP contribution is -2.30. The van der Waals surface area contributed by atoms with E-state index in [0.717, 1.165) is 37.3 Å². The SMILES string of the molecule is CC(C)(C)c1ccc(CN2CCCn3cccc3C2c2ccccc2[N+](=O)[O-])cc1. The third-order valence-electron chi connectivity index (χ3n) is 5.99. The third kappa shape index (κ3) is 4.03. The smallest absolute Gasteiger partial charge is 0.274 e. The minimum atomic E-state index is -0.260. The molecule has 2 aromatic carbocycles. The maximum Gasteiger partial charge on any atom is 0.274 e. The topological polar surface area (TPSA) is 51.3 Å². The third-order valence-corrected chi connectivity index (χ3v) is 5.99. The van der Waals surface area contributed by atoms with Crippen molar-refractivity contribution in [2.24, 2.45) is 0 Å². The number of nitrogens with zero attached hydrogens (tertiary/aromatic N) is 3. The number of para-hydroxylation sites is 1. The Labute approximate surface area is 178 Å². The van der Waals surface area contributed by atoms with E-state index >= 15 is 0 Å². The van der Waals surface area contributed by atoms with Gasteiger partial charge >= 0.3 is 0 Å². The van der Waals surface area contributed by atoms with Gasteiger partial charge in [-0.25, -0.2) is 0 Å².